The van der Waals surface area contributed by atoms with Crippen LogP contribution in [0, 0.1) is 10.1 Å². The van der Waals surface area contributed by atoms with E-state index < -0.39 is 34.5 Å². The minimum Gasteiger partial charge on any atom is -0.298 e. The van der Waals surface area contributed by atoms with Gasteiger partial charge in [-0.25, -0.2) is 4.98 Å². The van der Waals surface area contributed by atoms with Crippen LogP contribution in [0.5, 0.6) is 0 Å². The molecule has 0 saturated carbocycles. The number of carbonyl (C=O) groups excluding carboxylic acids is 5. The van der Waals surface area contributed by atoms with Crippen molar-refractivity contribution in [3.05, 3.63) is 86.6 Å². The number of rotatable bonds is 4. The van der Waals surface area contributed by atoms with E-state index in [1.54, 1.807) is 12.1 Å². The van der Waals surface area contributed by atoms with Crippen molar-refractivity contribution in [3.63, 3.8) is 0 Å². The molecule has 2 aromatic carbocycles. The molecule has 2 aliphatic rings. The molecule has 0 aliphatic carbocycles. The quantitative estimate of drug-likeness (QED) is 0.350. The predicted octanol–water partition coefficient (Wildman–Crippen LogP) is 2.11. The first kappa shape index (κ1) is 20.1. The van der Waals surface area contributed by atoms with E-state index in [0.29, 0.717) is 21.4 Å². The Kier molecular flexibility index (Phi) is 4.35. The van der Waals surface area contributed by atoms with Gasteiger partial charge in [-0.1, -0.05) is 12.1 Å². The number of nitrogens with zero attached hydrogens (tertiary/aromatic N) is 4. The number of hydrazine groups is 1. The van der Waals surface area contributed by atoms with Gasteiger partial charge in [0.05, 0.1) is 27.2 Å². The molecule has 0 spiro atoms. The zero-order valence-corrected chi connectivity index (χ0v) is 17.0. The fourth-order valence-electron chi connectivity index (χ4n) is 3.49. The van der Waals surface area contributed by atoms with Crippen LogP contribution in [-0.2, 0) is 0 Å². The van der Waals surface area contributed by atoms with Crippen molar-refractivity contribution in [1.29, 1.82) is 0 Å². The second kappa shape index (κ2) is 7.13. The molecule has 0 unspecified atom stereocenters. The Balaban J connectivity index is 1.43. The number of carbonyl (C=O) groups is 5. The number of imide groups is 2. The van der Waals surface area contributed by atoms with Crippen LogP contribution < -0.4 is 5.32 Å². The molecule has 1 aromatic heterocycles. The topological polar surface area (TPSA) is 160 Å². The summed E-state index contributed by atoms with van der Waals surface area (Å²) in [4.78, 5) is 77.6. The number of fused-ring (bicyclic) bond motifs is 2. The molecular formula is C20H9N5O7S. The summed E-state index contributed by atoms with van der Waals surface area (Å²) in [6.45, 7) is 0. The van der Waals surface area contributed by atoms with Crippen molar-refractivity contribution in [2.24, 2.45) is 0 Å². The maximum Gasteiger partial charge on any atom is 0.345 e. The average Bonchev–Trinajstić information content (AvgIpc) is 3.44. The van der Waals surface area contributed by atoms with Crippen molar-refractivity contribution in [2.45, 2.75) is 0 Å². The van der Waals surface area contributed by atoms with Crippen LogP contribution >= 0.6 is 11.3 Å². The maximum atomic E-state index is 13.0. The summed E-state index contributed by atoms with van der Waals surface area (Å²) in [5.74, 6) is -4.17. The van der Waals surface area contributed by atoms with E-state index in [2.05, 4.69) is 10.3 Å². The highest BCUT2D eigenvalue weighted by atomic mass is 32.1. The van der Waals surface area contributed by atoms with Gasteiger partial charge in [-0.05, 0) is 41.7 Å². The maximum absolute atomic E-state index is 13.0. The van der Waals surface area contributed by atoms with E-state index in [-0.39, 0.29) is 37.9 Å². The van der Waals surface area contributed by atoms with E-state index in [0.717, 1.165) is 12.3 Å². The molecular weight excluding hydrogens is 454 g/mol. The third-order valence-corrected chi connectivity index (χ3v) is 5.86. The third-order valence-electron chi connectivity index (χ3n) is 4.99. The lowest BCUT2D eigenvalue weighted by Gasteiger charge is -2.23. The minimum absolute atomic E-state index is 0.0257. The second-order valence-electron chi connectivity index (χ2n) is 6.87. The highest BCUT2D eigenvalue weighted by Crippen LogP contribution is 2.32. The fraction of sp³-hybridized carbons (Fsp3) is 0. The number of benzene rings is 2. The Bertz CT molecular complexity index is 1410. The second-order valence-corrected chi connectivity index (χ2v) is 7.87. The Hall–Kier alpha value is -4.78. The molecule has 5 amide bonds. The Morgan fingerprint density at radius 3 is 1.97 bits per heavy atom. The molecule has 5 rings (SSSR count). The summed E-state index contributed by atoms with van der Waals surface area (Å²) in [6, 6.07) is 9.58. The van der Waals surface area contributed by atoms with Crippen LogP contribution in [0.15, 0.2) is 48.7 Å². The van der Waals surface area contributed by atoms with Crippen LogP contribution in [0.4, 0.5) is 10.1 Å². The van der Waals surface area contributed by atoms with Crippen LogP contribution in [0.1, 0.15) is 51.8 Å². The molecule has 0 fully saturated rings. The van der Waals surface area contributed by atoms with Crippen LogP contribution in [0.25, 0.3) is 0 Å². The highest BCUT2D eigenvalue weighted by Gasteiger charge is 2.48. The first-order chi connectivity index (χ1) is 15.8. The standard InChI is InChI=1S/C20H9N5O7S/c26-15(22-20-21-8-14(33-20)25(31)32)9-5-6-12-13(7-9)19(30)24(18(12)29)23-16(27)10-3-1-2-4-11(10)17(23)28/h1-8H,(H,21,22,26). The zero-order valence-electron chi connectivity index (χ0n) is 16.2. The minimum atomic E-state index is -0.941. The first-order valence-electron chi connectivity index (χ1n) is 9.20. The number of aromatic nitrogens is 1. The van der Waals surface area contributed by atoms with E-state index in [9.17, 15) is 34.1 Å². The summed E-state index contributed by atoms with van der Waals surface area (Å²) < 4.78 is 0. The molecule has 0 atom stereocenters. The van der Waals surface area contributed by atoms with Crippen LogP contribution in [0.2, 0.25) is 0 Å². The molecule has 3 heterocycles. The number of nitro groups is 1. The summed E-state index contributed by atoms with van der Waals surface area (Å²) >= 11 is 0.649. The molecule has 162 valence electrons. The van der Waals surface area contributed by atoms with E-state index in [1.165, 1.54) is 24.3 Å². The third kappa shape index (κ3) is 2.98. The first-order valence-corrected chi connectivity index (χ1v) is 10.0. The smallest absolute Gasteiger partial charge is 0.298 e. The Morgan fingerprint density at radius 1 is 0.879 bits per heavy atom. The van der Waals surface area contributed by atoms with Gasteiger partial charge < -0.3 is 0 Å². The lowest BCUT2D eigenvalue weighted by atomic mass is 10.1. The zero-order chi connectivity index (χ0) is 23.4. The number of hydrogen-bond acceptors (Lipinski definition) is 9. The van der Waals surface area contributed by atoms with Crippen molar-refractivity contribution < 1.29 is 28.9 Å². The van der Waals surface area contributed by atoms with Crippen molar-refractivity contribution >= 4 is 51.0 Å². The monoisotopic (exact) mass is 463 g/mol. The summed E-state index contributed by atoms with van der Waals surface area (Å²) in [6.07, 6.45) is 0.991. The van der Waals surface area contributed by atoms with Gasteiger partial charge in [0.2, 0.25) is 0 Å². The molecule has 0 bridgehead atoms. The molecule has 0 radical (unpaired) electrons. The molecule has 13 heteroatoms. The number of thiazole rings is 1. The summed E-state index contributed by atoms with van der Waals surface area (Å²) in [7, 11) is 0. The van der Waals surface area contributed by atoms with Crippen molar-refractivity contribution in [2.75, 3.05) is 5.32 Å². The SMILES string of the molecule is O=C(Nc1ncc([N+](=O)[O-])s1)c1ccc2c(c1)C(=O)N(N1C(=O)c3ccccc3C1=O)C2=O. The number of hydrogen-bond donors (Lipinski definition) is 1. The summed E-state index contributed by atoms with van der Waals surface area (Å²) in [5.41, 5.74) is -0.155. The normalized spacial score (nSPS) is 14.5. The highest BCUT2D eigenvalue weighted by molar-refractivity contribution is 7.18. The Labute approximate surface area is 187 Å². The van der Waals surface area contributed by atoms with Gasteiger partial charge in [-0.2, -0.15) is 10.0 Å². The van der Waals surface area contributed by atoms with Crippen molar-refractivity contribution in [1.82, 2.24) is 15.0 Å². The molecule has 3 aromatic rings. The number of amides is 5. The molecule has 12 nitrogen and oxygen atoms in total. The van der Waals surface area contributed by atoms with Gasteiger partial charge >= 0.3 is 5.00 Å². The molecule has 1 N–H and O–H groups in total. The number of anilines is 1. The molecule has 0 saturated heterocycles. The van der Waals surface area contributed by atoms with E-state index >= 15 is 0 Å². The lowest BCUT2D eigenvalue weighted by molar-refractivity contribution is -0.380. The van der Waals surface area contributed by atoms with Gasteiger partial charge in [0.1, 0.15) is 6.20 Å². The average molecular weight is 463 g/mol. The van der Waals surface area contributed by atoms with Gasteiger partial charge in [-0.3, -0.25) is 39.4 Å². The summed E-state index contributed by atoms with van der Waals surface area (Å²) in [5, 5.41) is 13.8. The van der Waals surface area contributed by atoms with E-state index in [1.807, 2.05) is 0 Å². The van der Waals surface area contributed by atoms with Gasteiger partial charge in [0.25, 0.3) is 29.5 Å². The number of nitrogens with one attached hydrogen (secondary N) is 1. The molecule has 2 aliphatic heterocycles. The largest absolute Gasteiger partial charge is 0.345 e. The predicted molar refractivity (Wildman–Crippen MR) is 111 cm³/mol. The van der Waals surface area contributed by atoms with Gasteiger partial charge in [0.15, 0.2) is 5.13 Å². The van der Waals surface area contributed by atoms with E-state index in [4.69, 9.17) is 0 Å². The van der Waals surface area contributed by atoms with Crippen LogP contribution in [0.3, 0.4) is 0 Å². The van der Waals surface area contributed by atoms with Crippen molar-refractivity contribution in [3.8, 4) is 0 Å². The van der Waals surface area contributed by atoms with Crippen LogP contribution in [-0.4, -0.2) is 49.5 Å². The van der Waals surface area contributed by atoms with Gasteiger partial charge in [-0.15, -0.1) is 0 Å². The fourth-order valence-corrected chi connectivity index (χ4v) is 4.11. The molecule has 33 heavy (non-hydrogen) atoms. The lowest BCUT2D eigenvalue weighted by Crippen LogP contribution is -2.49. The van der Waals surface area contributed by atoms with Gasteiger partial charge in [0, 0.05) is 5.56 Å². The Morgan fingerprint density at radius 2 is 1.42 bits per heavy atom.